The molecule has 1 unspecified atom stereocenters. The lowest BCUT2D eigenvalue weighted by Gasteiger charge is -2.25. The average molecular weight is 348 g/mol. The molecule has 1 atom stereocenters. The van der Waals surface area contributed by atoms with Crippen molar-refractivity contribution in [1.82, 2.24) is 5.32 Å². The van der Waals surface area contributed by atoms with Crippen molar-refractivity contribution in [2.45, 2.75) is 38.3 Å². The van der Waals surface area contributed by atoms with Gasteiger partial charge in [0.05, 0.1) is 21.3 Å². The van der Waals surface area contributed by atoms with Gasteiger partial charge < -0.3 is 19.5 Å². The van der Waals surface area contributed by atoms with E-state index in [0.29, 0.717) is 28.2 Å². The Hall–Kier alpha value is -1.82. The van der Waals surface area contributed by atoms with Gasteiger partial charge in [-0.15, -0.1) is 0 Å². The lowest BCUT2D eigenvalue weighted by atomic mass is 9.87. The van der Waals surface area contributed by atoms with Crippen LogP contribution in [-0.4, -0.2) is 38.2 Å². The molecule has 130 valence electrons. The summed E-state index contributed by atoms with van der Waals surface area (Å²) in [6.45, 7) is 0. The maximum Gasteiger partial charge on any atom is 0.203 e. The molecule has 1 aromatic carbocycles. The van der Waals surface area contributed by atoms with Crippen molar-refractivity contribution in [3.05, 3.63) is 17.7 Å². The van der Waals surface area contributed by atoms with Gasteiger partial charge in [0, 0.05) is 5.56 Å². The Bertz CT molecular complexity index is 629. The number of hydrogen-bond acceptors (Lipinski definition) is 5. The van der Waals surface area contributed by atoms with Gasteiger partial charge in [0.25, 0.3) is 0 Å². The molecule has 0 bridgehead atoms. The molecular formula is C18H24N2O3S. The minimum atomic E-state index is 0.0897. The third kappa shape index (κ3) is 3.20. The van der Waals surface area contributed by atoms with Gasteiger partial charge >= 0.3 is 0 Å². The molecular weight excluding hydrogens is 324 g/mol. The van der Waals surface area contributed by atoms with Crippen LogP contribution in [0.1, 0.15) is 37.7 Å². The Morgan fingerprint density at radius 2 is 1.62 bits per heavy atom. The summed E-state index contributed by atoms with van der Waals surface area (Å²) in [5.74, 6) is 2.36. The van der Waals surface area contributed by atoms with Gasteiger partial charge in [0.2, 0.25) is 5.75 Å². The van der Waals surface area contributed by atoms with Gasteiger partial charge in [0.1, 0.15) is 16.9 Å². The lowest BCUT2D eigenvalue weighted by molar-refractivity contribution is 0.299. The summed E-state index contributed by atoms with van der Waals surface area (Å²) in [6, 6.07) is 3.80. The Labute approximate surface area is 148 Å². The molecule has 0 spiro atoms. The molecule has 3 rings (SSSR count). The summed E-state index contributed by atoms with van der Waals surface area (Å²) in [5.41, 5.74) is 1.69. The van der Waals surface area contributed by atoms with Crippen molar-refractivity contribution < 1.29 is 14.2 Å². The molecule has 1 aromatic rings. The molecule has 0 saturated heterocycles. The SMILES string of the molecule is COc1cc(C2=NC(C3CCCCC3)NC2=S)cc(OC)c1OC. The fraction of sp³-hybridized carbons (Fsp3) is 0.556. The van der Waals surface area contributed by atoms with Crippen LogP contribution in [0.25, 0.3) is 0 Å². The van der Waals surface area contributed by atoms with Gasteiger partial charge in [-0.25, -0.2) is 0 Å². The number of ether oxygens (including phenoxy) is 3. The molecule has 6 heteroatoms. The van der Waals surface area contributed by atoms with E-state index in [-0.39, 0.29) is 6.17 Å². The molecule has 1 aliphatic carbocycles. The second kappa shape index (κ2) is 7.38. The number of nitrogens with one attached hydrogen (secondary N) is 1. The minimum Gasteiger partial charge on any atom is -0.493 e. The minimum absolute atomic E-state index is 0.0897. The summed E-state index contributed by atoms with van der Waals surface area (Å²) >= 11 is 5.53. The van der Waals surface area contributed by atoms with Crippen LogP contribution in [-0.2, 0) is 0 Å². The average Bonchev–Trinajstić information content (AvgIpc) is 3.02. The monoisotopic (exact) mass is 348 g/mol. The third-order valence-corrected chi connectivity index (χ3v) is 5.11. The highest BCUT2D eigenvalue weighted by Crippen LogP contribution is 2.39. The number of nitrogens with zero attached hydrogens (tertiary/aromatic N) is 1. The normalized spacial score (nSPS) is 21.2. The van der Waals surface area contributed by atoms with Crippen LogP contribution < -0.4 is 19.5 Å². The van der Waals surface area contributed by atoms with Crippen LogP contribution in [0.2, 0.25) is 0 Å². The fourth-order valence-corrected chi connectivity index (χ4v) is 3.82. The smallest absolute Gasteiger partial charge is 0.203 e. The highest BCUT2D eigenvalue weighted by molar-refractivity contribution is 7.82. The summed E-state index contributed by atoms with van der Waals surface area (Å²) in [4.78, 5) is 5.58. The van der Waals surface area contributed by atoms with Crippen LogP contribution in [0, 0.1) is 5.92 Å². The summed E-state index contributed by atoms with van der Waals surface area (Å²) in [5, 5.41) is 3.39. The van der Waals surface area contributed by atoms with Crippen molar-refractivity contribution >= 4 is 22.9 Å². The first-order valence-electron chi connectivity index (χ1n) is 8.37. The van der Waals surface area contributed by atoms with Gasteiger partial charge in [-0.1, -0.05) is 31.5 Å². The third-order valence-electron chi connectivity index (χ3n) is 4.80. The van der Waals surface area contributed by atoms with E-state index in [0.717, 1.165) is 11.3 Å². The van der Waals surface area contributed by atoms with Gasteiger partial charge in [-0.2, -0.15) is 0 Å². The number of rotatable bonds is 5. The van der Waals surface area contributed by atoms with Crippen LogP contribution in [0.4, 0.5) is 0 Å². The zero-order valence-electron chi connectivity index (χ0n) is 14.4. The molecule has 1 N–H and O–H groups in total. The maximum atomic E-state index is 5.53. The molecule has 1 heterocycles. The molecule has 2 aliphatic rings. The van der Waals surface area contributed by atoms with E-state index in [4.69, 9.17) is 31.4 Å². The molecule has 1 saturated carbocycles. The summed E-state index contributed by atoms with van der Waals surface area (Å²) in [7, 11) is 4.82. The van der Waals surface area contributed by atoms with E-state index < -0.39 is 0 Å². The molecule has 0 radical (unpaired) electrons. The van der Waals surface area contributed by atoms with Crippen molar-refractivity contribution in [3.8, 4) is 17.2 Å². The van der Waals surface area contributed by atoms with E-state index in [1.807, 2.05) is 12.1 Å². The van der Waals surface area contributed by atoms with E-state index in [1.165, 1.54) is 32.1 Å². The quantitative estimate of drug-likeness (QED) is 0.827. The van der Waals surface area contributed by atoms with E-state index in [9.17, 15) is 0 Å². The van der Waals surface area contributed by atoms with Crippen LogP contribution >= 0.6 is 12.2 Å². The second-order valence-electron chi connectivity index (χ2n) is 6.21. The zero-order chi connectivity index (χ0) is 17.1. The number of benzene rings is 1. The van der Waals surface area contributed by atoms with Crippen LogP contribution in [0.5, 0.6) is 17.2 Å². The first-order chi connectivity index (χ1) is 11.7. The van der Waals surface area contributed by atoms with E-state index in [2.05, 4.69) is 5.32 Å². The van der Waals surface area contributed by atoms with Crippen LogP contribution in [0.3, 0.4) is 0 Å². The van der Waals surface area contributed by atoms with Gasteiger partial charge in [-0.05, 0) is 30.9 Å². The van der Waals surface area contributed by atoms with Crippen LogP contribution in [0.15, 0.2) is 17.1 Å². The highest BCUT2D eigenvalue weighted by atomic mass is 32.1. The van der Waals surface area contributed by atoms with Crippen molar-refractivity contribution in [2.24, 2.45) is 10.9 Å². The number of methoxy groups -OCH3 is 3. The largest absolute Gasteiger partial charge is 0.493 e. The zero-order valence-corrected chi connectivity index (χ0v) is 15.2. The molecule has 24 heavy (non-hydrogen) atoms. The van der Waals surface area contributed by atoms with Gasteiger partial charge in [0.15, 0.2) is 11.5 Å². The predicted molar refractivity (Wildman–Crippen MR) is 98.7 cm³/mol. The maximum absolute atomic E-state index is 5.53. The number of thiocarbonyl (C=S) groups is 1. The Morgan fingerprint density at radius 1 is 1.00 bits per heavy atom. The second-order valence-corrected chi connectivity index (χ2v) is 6.62. The van der Waals surface area contributed by atoms with E-state index in [1.54, 1.807) is 21.3 Å². The molecule has 1 fully saturated rings. The Kier molecular flexibility index (Phi) is 5.23. The Morgan fingerprint density at radius 3 is 2.17 bits per heavy atom. The molecule has 5 nitrogen and oxygen atoms in total. The van der Waals surface area contributed by atoms with Gasteiger partial charge in [-0.3, -0.25) is 4.99 Å². The lowest BCUT2D eigenvalue weighted by Crippen LogP contribution is -2.34. The van der Waals surface area contributed by atoms with E-state index >= 15 is 0 Å². The van der Waals surface area contributed by atoms with Crippen molar-refractivity contribution in [1.29, 1.82) is 0 Å². The standard InChI is InChI=1S/C18H24N2O3S/c1-21-13-9-12(10-14(22-2)16(13)23-3)15-18(24)20-17(19-15)11-7-5-4-6-8-11/h9-11,17H,4-8H2,1-3H3,(H,20,24). The number of hydrogen-bond donors (Lipinski definition) is 1. The summed E-state index contributed by atoms with van der Waals surface area (Å²) in [6.07, 6.45) is 6.41. The van der Waals surface area contributed by atoms with Crippen molar-refractivity contribution in [3.63, 3.8) is 0 Å². The van der Waals surface area contributed by atoms with Crippen molar-refractivity contribution in [2.75, 3.05) is 21.3 Å². The predicted octanol–water partition coefficient (Wildman–Crippen LogP) is 3.34. The molecule has 0 aromatic heterocycles. The summed E-state index contributed by atoms with van der Waals surface area (Å²) < 4.78 is 16.2. The Balaban J connectivity index is 1.93. The molecule has 0 amide bonds. The number of aliphatic imine (C=N–C) groups is 1. The topological polar surface area (TPSA) is 52.1 Å². The first kappa shape index (κ1) is 17.0. The first-order valence-corrected chi connectivity index (χ1v) is 8.77. The molecule has 1 aliphatic heterocycles. The fourth-order valence-electron chi connectivity index (χ4n) is 3.53. The highest BCUT2D eigenvalue weighted by Gasteiger charge is 2.31.